The van der Waals surface area contributed by atoms with E-state index >= 15 is 0 Å². The van der Waals surface area contributed by atoms with Crippen LogP contribution in [0.2, 0.25) is 3.67 Å². The number of fused-ring (bicyclic) bond motifs is 3. The molecule has 0 saturated carbocycles. The summed E-state index contributed by atoms with van der Waals surface area (Å²) in [5, 5.41) is 0. The van der Waals surface area contributed by atoms with E-state index in [1.54, 1.807) is 12.1 Å². The average molecular weight is 666 g/mol. The van der Waals surface area contributed by atoms with Crippen LogP contribution in [-0.2, 0) is 27.4 Å². The zero-order valence-corrected chi connectivity index (χ0v) is 24.8. The summed E-state index contributed by atoms with van der Waals surface area (Å²) >= 11 is -0.672. The summed E-state index contributed by atoms with van der Waals surface area (Å²) < 4.78 is 3.89. The molecule has 2 aliphatic rings. The molecule has 3 aromatic carbocycles. The fraction of sp³-hybridized carbons (Fsp3) is 0.100. The Morgan fingerprint density at radius 3 is 2.21 bits per heavy atom. The van der Waals surface area contributed by atoms with Crippen molar-refractivity contribution in [3.05, 3.63) is 136 Å². The van der Waals surface area contributed by atoms with Gasteiger partial charge in [-0.1, -0.05) is 0 Å². The van der Waals surface area contributed by atoms with Gasteiger partial charge in [0.1, 0.15) is 0 Å². The monoisotopic (exact) mass is 666 g/mol. The average Bonchev–Trinajstić information content (AvgIpc) is 3.58. The summed E-state index contributed by atoms with van der Waals surface area (Å²) in [7, 11) is 0. The third-order valence-electron chi connectivity index (χ3n) is 6.54. The van der Waals surface area contributed by atoms with E-state index in [2.05, 4.69) is 116 Å². The predicted octanol–water partition coefficient (Wildman–Crippen LogP) is 1.06. The predicted molar refractivity (Wildman–Crippen MR) is 135 cm³/mol. The molecule has 0 atom stereocenters. The molecule has 4 heteroatoms. The third kappa shape index (κ3) is 4.54. The minimum atomic E-state index is -2.63. The van der Waals surface area contributed by atoms with Gasteiger partial charge in [0.15, 0.2) is 0 Å². The van der Waals surface area contributed by atoms with E-state index in [1.165, 1.54) is 32.0 Å². The van der Waals surface area contributed by atoms with Crippen LogP contribution in [0.25, 0.3) is 11.1 Å². The first-order valence-corrected chi connectivity index (χ1v) is 17.7. The van der Waals surface area contributed by atoms with Crippen LogP contribution in [-0.4, -0.2) is 3.26 Å². The number of hydrogen-bond acceptors (Lipinski definition) is 1. The van der Waals surface area contributed by atoms with E-state index in [0.717, 1.165) is 6.42 Å². The maximum atomic E-state index is 2.47. The second kappa shape index (κ2) is 10.8. The molecular weight excluding hydrogens is 642 g/mol. The molecule has 0 saturated heterocycles. The minimum Gasteiger partial charge on any atom is -1.00 e. The topological polar surface area (TPSA) is 0 Å². The number of hydrogen-bond donors (Lipinski definition) is 0. The van der Waals surface area contributed by atoms with Crippen molar-refractivity contribution in [1.29, 1.82) is 0 Å². The molecule has 0 nitrogen and oxygen atoms in total. The zero-order valence-electron chi connectivity index (χ0n) is 18.8. The molecule has 4 aromatic rings. The maximum absolute atomic E-state index is 2.63. The molecule has 0 N–H and O–H groups in total. The Balaban J connectivity index is 0.00000137. The molecule has 1 heterocycles. The van der Waals surface area contributed by atoms with Gasteiger partial charge in [-0.2, -0.15) is 0 Å². The van der Waals surface area contributed by atoms with Gasteiger partial charge in [0.2, 0.25) is 0 Å². The van der Waals surface area contributed by atoms with Crippen LogP contribution >= 0.6 is 11.3 Å². The van der Waals surface area contributed by atoms with Gasteiger partial charge in [0, 0.05) is 0 Å². The fourth-order valence-corrected chi connectivity index (χ4v) is 19.0. The van der Waals surface area contributed by atoms with Crippen molar-refractivity contribution < 1.29 is 45.8 Å². The number of allylic oxidation sites excluding steroid dienone is 4. The summed E-state index contributed by atoms with van der Waals surface area (Å²) in [6.45, 7) is 2.23. The van der Waals surface area contributed by atoms with Crippen LogP contribution < -0.4 is 28.1 Å². The van der Waals surface area contributed by atoms with Gasteiger partial charge in [-0.3, -0.25) is 0 Å². The van der Waals surface area contributed by atoms with Crippen LogP contribution in [0, 0.1) is 6.92 Å². The van der Waals surface area contributed by atoms with Crippen molar-refractivity contribution in [2.24, 2.45) is 0 Å². The van der Waals surface area contributed by atoms with E-state index in [9.17, 15) is 0 Å². The van der Waals surface area contributed by atoms with E-state index in [-0.39, 0.29) is 24.8 Å². The molecule has 0 spiro atoms. The number of rotatable bonds is 4. The van der Waals surface area contributed by atoms with Gasteiger partial charge in [-0.25, -0.2) is 0 Å². The molecule has 2 aliphatic carbocycles. The van der Waals surface area contributed by atoms with Gasteiger partial charge < -0.3 is 24.8 Å². The SMILES string of the molecule is Cc1ccc([C](c2ccccc2)=[Hf+2]([c]2cccc3c2Cc2ccccc2-3)[CH]2C=CC=C2)s1.[Cl-].[Cl-]. The number of thiophene rings is 1. The molecule has 1 aromatic heterocycles. The Bertz CT molecular complexity index is 1400. The summed E-state index contributed by atoms with van der Waals surface area (Å²) in [6.07, 6.45) is 10.5. The minimum absolute atomic E-state index is 0. The van der Waals surface area contributed by atoms with E-state index < -0.39 is 21.0 Å². The molecule has 0 amide bonds. The molecular formula is C30H24Cl2HfS. The quantitative estimate of drug-likeness (QED) is 0.252. The smallest absolute Gasteiger partial charge is 1.00 e. The van der Waals surface area contributed by atoms with Gasteiger partial charge in [-0.15, -0.1) is 0 Å². The second-order valence-electron chi connectivity index (χ2n) is 8.53. The molecule has 0 radical (unpaired) electrons. The summed E-state index contributed by atoms with van der Waals surface area (Å²) in [5.74, 6) is 0. The summed E-state index contributed by atoms with van der Waals surface area (Å²) in [4.78, 5) is 2.86. The molecule has 6 rings (SSSR count). The Kier molecular flexibility index (Phi) is 8.05. The van der Waals surface area contributed by atoms with Crippen molar-refractivity contribution >= 4 is 17.9 Å². The largest absolute Gasteiger partial charge is 1.00 e. The summed E-state index contributed by atoms with van der Waals surface area (Å²) in [5.41, 5.74) is 7.37. The Labute approximate surface area is 225 Å². The third-order valence-corrected chi connectivity index (χ3v) is 19.7. The number of benzene rings is 3. The normalized spacial score (nSPS) is 13.6. The Hall–Kier alpha value is -1.84. The van der Waals surface area contributed by atoms with Gasteiger partial charge in [0.05, 0.1) is 0 Å². The van der Waals surface area contributed by atoms with Gasteiger partial charge in [-0.05, 0) is 0 Å². The molecule has 0 aliphatic heterocycles. The van der Waals surface area contributed by atoms with Crippen LogP contribution in [0.5, 0.6) is 0 Å². The molecule has 0 unspecified atom stereocenters. The van der Waals surface area contributed by atoms with E-state index in [1.807, 2.05) is 11.3 Å². The van der Waals surface area contributed by atoms with Crippen LogP contribution in [0.3, 0.4) is 0 Å². The van der Waals surface area contributed by atoms with Crippen molar-refractivity contribution in [3.63, 3.8) is 0 Å². The molecule has 0 bridgehead atoms. The van der Waals surface area contributed by atoms with Gasteiger partial charge in [0.25, 0.3) is 0 Å². The number of halogens is 2. The van der Waals surface area contributed by atoms with Gasteiger partial charge >= 0.3 is 203 Å². The Morgan fingerprint density at radius 1 is 0.765 bits per heavy atom. The van der Waals surface area contributed by atoms with Crippen LogP contribution in [0.15, 0.2) is 109 Å². The first-order valence-electron chi connectivity index (χ1n) is 11.2. The zero-order chi connectivity index (χ0) is 21.5. The standard InChI is InChI=1S/C13H9.C12H10S.C5H5.2ClH.Hf/c1-3-7-12-10(5-1)9-11-6-2-4-8-13(11)12;1-10-7-8-12(13-10)9-11-5-3-2-4-6-11;1-2-4-5-3-1;;;/h1-5,7-8H,9H2;2-8H,1H3;1-5H;2*1H;/q;;;;;+2/p-2. The van der Waals surface area contributed by atoms with Crippen molar-refractivity contribution in [2.75, 3.05) is 0 Å². The van der Waals surface area contributed by atoms with Crippen LogP contribution in [0.1, 0.15) is 26.4 Å². The molecule has 0 fully saturated rings. The number of aryl methyl sites for hydroxylation is 1. The maximum Gasteiger partial charge on any atom is -1.00 e. The molecule has 168 valence electrons. The Morgan fingerprint density at radius 2 is 1.47 bits per heavy atom. The van der Waals surface area contributed by atoms with Crippen molar-refractivity contribution in [1.82, 2.24) is 0 Å². The first kappa shape index (κ1) is 25.3. The van der Waals surface area contributed by atoms with Crippen LogP contribution in [0.4, 0.5) is 0 Å². The first-order chi connectivity index (χ1) is 15.8. The van der Waals surface area contributed by atoms with E-state index in [4.69, 9.17) is 0 Å². The molecule has 34 heavy (non-hydrogen) atoms. The van der Waals surface area contributed by atoms with Crippen molar-refractivity contribution in [3.8, 4) is 11.1 Å². The van der Waals surface area contributed by atoms with E-state index in [0.29, 0.717) is 3.67 Å². The second-order valence-corrected chi connectivity index (χ2v) is 18.9. The van der Waals surface area contributed by atoms with Crippen molar-refractivity contribution in [2.45, 2.75) is 17.0 Å². The fourth-order valence-electron chi connectivity index (χ4n) is 5.12. The summed E-state index contributed by atoms with van der Waals surface area (Å²) in [6, 6.07) is 31.9.